The van der Waals surface area contributed by atoms with E-state index in [2.05, 4.69) is 33.9 Å². The van der Waals surface area contributed by atoms with Gasteiger partial charge in [0.1, 0.15) is 0 Å². The Morgan fingerprint density at radius 2 is 1.50 bits per heavy atom. The minimum absolute atomic E-state index is 0.585. The van der Waals surface area contributed by atoms with Crippen LogP contribution in [0.2, 0.25) is 0 Å². The van der Waals surface area contributed by atoms with Crippen LogP contribution < -0.4 is 4.90 Å². The number of nitrogens with zero attached hydrogens (tertiary/aromatic N) is 3. The molecular formula is C24H28F3N3. The Bertz CT molecular complexity index is 928. The van der Waals surface area contributed by atoms with Crippen molar-refractivity contribution in [2.24, 2.45) is 0 Å². The van der Waals surface area contributed by atoms with E-state index in [1.165, 1.54) is 17.7 Å². The van der Waals surface area contributed by atoms with E-state index in [0.717, 1.165) is 56.8 Å². The number of likely N-dealkylation sites (N-methyl/N-ethyl adjacent to an activating group) is 2. The summed E-state index contributed by atoms with van der Waals surface area (Å²) in [6.07, 6.45) is -1.20. The normalized spacial score (nSPS) is 19.1. The van der Waals surface area contributed by atoms with Crippen molar-refractivity contribution in [3.8, 4) is 11.1 Å². The first-order chi connectivity index (χ1) is 14.3. The Labute approximate surface area is 176 Å². The van der Waals surface area contributed by atoms with E-state index < -0.39 is 11.7 Å². The second-order valence-corrected chi connectivity index (χ2v) is 8.38. The molecule has 160 valence electrons. The summed E-state index contributed by atoms with van der Waals surface area (Å²) < 4.78 is 41.0. The van der Waals surface area contributed by atoms with Crippen molar-refractivity contribution >= 4 is 11.3 Å². The van der Waals surface area contributed by atoms with Crippen LogP contribution in [0, 0.1) is 0 Å². The summed E-state index contributed by atoms with van der Waals surface area (Å²) in [5, 5.41) is 0. The zero-order valence-corrected chi connectivity index (χ0v) is 17.5. The SMILES string of the molecule is CN1CC=C(c2cccc(-c3cc(N4CCN(C)CC4)cc(C(F)(F)F)c3)c2)CC1. The molecule has 0 radical (unpaired) electrons. The third-order valence-electron chi connectivity index (χ3n) is 6.09. The van der Waals surface area contributed by atoms with E-state index in [1.807, 2.05) is 31.3 Å². The number of hydrogen-bond donors (Lipinski definition) is 0. The average molecular weight is 416 g/mol. The van der Waals surface area contributed by atoms with Gasteiger partial charge in [0.2, 0.25) is 0 Å². The minimum Gasteiger partial charge on any atom is -0.369 e. The van der Waals surface area contributed by atoms with Gasteiger partial charge in [-0.05, 0) is 67.0 Å². The molecule has 1 fully saturated rings. The lowest BCUT2D eigenvalue weighted by Crippen LogP contribution is -2.44. The maximum atomic E-state index is 13.7. The van der Waals surface area contributed by atoms with Crippen molar-refractivity contribution in [3.05, 3.63) is 59.7 Å². The van der Waals surface area contributed by atoms with Gasteiger partial charge in [-0.15, -0.1) is 0 Å². The Hall–Kier alpha value is -2.31. The summed E-state index contributed by atoms with van der Waals surface area (Å²) in [5.74, 6) is 0. The third kappa shape index (κ3) is 4.71. The molecule has 0 atom stereocenters. The molecule has 2 heterocycles. The van der Waals surface area contributed by atoms with Crippen LogP contribution in [0.3, 0.4) is 0 Å². The maximum Gasteiger partial charge on any atom is 0.416 e. The molecule has 2 aliphatic heterocycles. The largest absolute Gasteiger partial charge is 0.416 e. The highest BCUT2D eigenvalue weighted by Crippen LogP contribution is 2.37. The van der Waals surface area contributed by atoms with Gasteiger partial charge in [0.25, 0.3) is 0 Å². The van der Waals surface area contributed by atoms with Gasteiger partial charge in [-0.1, -0.05) is 24.3 Å². The first-order valence-electron chi connectivity index (χ1n) is 10.4. The lowest BCUT2D eigenvalue weighted by molar-refractivity contribution is -0.137. The zero-order valence-electron chi connectivity index (χ0n) is 17.5. The van der Waals surface area contributed by atoms with Crippen LogP contribution in [0.15, 0.2) is 48.5 Å². The van der Waals surface area contributed by atoms with Crippen LogP contribution in [0.5, 0.6) is 0 Å². The fourth-order valence-electron chi connectivity index (χ4n) is 4.12. The van der Waals surface area contributed by atoms with Gasteiger partial charge in [0, 0.05) is 45.0 Å². The van der Waals surface area contributed by atoms with E-state index in [1.54, 1.807) is 0 Å². The van der Waals surface area contributed by atoms with Gasteiger partial charge in [0.05, 0.1) is 5.56 Å². The molecule has 6 heteroatoms. The van der Waals surface area contributed by atoms with Crippen LogP contribution in [0.1, 0.15) is 17.5 Å². The van der Waals surface area contributed by atoms with Crippen LogP contribution in [-0.2, 0) is 6.18 Å². The molecule has 0 spiro atoms. The molecule has 3 nitrogen and oxygen atoms in total. The second kappa shape index (κ2) is 8.44. The molecule has 30 heavy (non-hydrogen) atoms. The lowest BCUT2D eigenvalue weighted by Gasteiger charge is -2.34. The number of anilines is 1. The second-order valence-electron chi connectivity index (χ2n) is 8.38. The molecule has 0 unspecified atom stereocenters. The molecule has 2 aliphatic rings. The van der Waals surface area contributed by atoms with Crippen LogP contribution in [0.25, 0.3) is 16.7 Å². The molecule has 2 aromatic rings. The van der Waals surface area contributed by atoms with Crippen LogP contribution >= 0.6 is 0 Å². The first-order valence-corrected chi connectivity index (χ1v) is 10.4. The van der Waals surface area contributed by atoms with Crippen molar-refractivity contribution in [1.29, 1.82) is 0 Å². The summed E-state index contributed by atoms with van der Waals surface area (Å²) in [6, 6.07) is 12.4. The molecule has 0 saturated carbocycles. The molecular weight excluding hydrogens is 387 g/mol. The fraction of sp³-hybridized carbons (Fsp3) is 0.417. The summed E-state index contributed by atoms with van der Waals surface area (Å²) in [4.78, 5) is 6.51. The van der Waals surface area contributed by atoms with Gasteiger partial charge in [-0.2, -0.15) is 13.2 Å². The van der Waals surface area contributed by atoms with Crippen LogP contribution in [0.4, 0.5) is 18.9 Å². The number of rotatable bonds is 3. The number of halogens is 3. The molecule has 0 N–H and O–H groups in total. The predicted molar refractivity (Wildman–Crippen MR) is 117 cm³/mol. The summed E-state index contributed by atoms with van der Waals surface area (Å²) in [7, 11) is 4.13. The topological polar surface area (TPSA) is 9.72 Å². The summed E-state index contributed by atoms with van der Waals surface area (Å²) in [5.41, 5.74) is 3.87. The van der Waals surface area contributed by atoms with Crippen LogP contribution in [-0.4, -0.2) is 63.2 Å². The molecule has 1 saturated heterocycles. The highest BCUT2D eigenvalue weighted by atomic mass is 19.4. The standard InChI is InChI=1S/C24H28F3N3/c1-28-8-6-18(7-9-28)19-4-3-5-20(14-19)21-15-22(24(25,26)27)17-23(16-21)30-12-10-29(2)11-13-30/h3-6,14-17H,7-13H2,1-2H3. The predicted octanol–water partition coefficient (Wildman–Crippen LogP) is 4.84. The highest BCUT2D eigenvalue weighted by molar-refractivity contribution is 5.75. The molecule has 0 aromatic heterocycles. The summed E-state index contributed by atoms with van der Waals surface area (Å²) in [6.45, 7) is 5.06. The number of alkyl halides is 3. The van der Waals surface area contributed by atoms with E-state index in [-0.39, 0.29) is 0 Å². The first kappa shape index (κ1) is 20.9. The van der Waals surface area contributed by atoms with Crippen molar-refractivity contribution < 1.29 is 13.2 Å². The molecule has 0 aliphatic carbocycles. The highest BCUT2D eigenvalue weighted by Gasteiger charge is 2.32. The Morgan fingerprint density at radius 3 is 2.17 bits per heavy atom. The maximum absolute atomic E-state index is 13.7. The van der Waals surface area contributed by atoms with E-state index in [0.29, 0.717) is 11.3 Å². The van der Waals surface area contributed by atoms with E-state index >= 15 is 0 Å². The Kier molecular flexibility index (Phi) is 5.89. The molecule has 0 bridgehead atoms. The monoisotopic (exact) mass is 415 g/mol. The lowest BCUT2D eigenvalue weighted by atomic mass is 9.94. The Balaban J connectivity index is 1.71. The Morgan fingerprint density at radius 1 is 0.767 bits per heavy atom. The van der Waals surface area contributed by atoms with Gasteiger partial charge in [-0.25, -0.2) is 0 Å². The molecule has 0 amide bonds. The fourth-order valence-corrected chi connectivity index (χ4v) is 4.12. The van der Waals surface area contributed by atoms with Gasteiger partial charge in [0.15, 0.2) is 0 Å². The van der Waals surface area contributed by atoms with Crippen molar-refractivity contribution in [2.45, 2.75) is 12.6 Å². The average Bonchev–Trinajstić information content (AvgIpc) is 2.74. The van der Waals surface area contributed by atoms with Crippen molar-refractivity contribution in [2.75, 3.05) is 58.3 Å². The van der Waals surface area contributed by atoms with Gasteiger partial charge >= 0.3 is 6.18 Å². The quantitative estimate of drug-likeness (QED) is 0.710. The van der Waals surface area contributed by atoms with E-state index in [9.17, 15) is 13.2 Å². The van der Waals surface area contributed by atoms with Gasteiger partial charge < -0.3 is 14.7 Å². The van der Waals surface area contributed by atoms with E-state index in [4.69, 9.17) is 0 Å². The third-order valence-corrected chi connectivity index (χ3v) is 6.09. The molecule has 2 aromatic carbocycles. The minimum atomic E-state index is -4.37. The van der Waals surface area contributed by atoms with Gasteiger partial charge in [-0.3, -0.25) is 0 Å². The smallest absolute Gasteiger partial charge is 0.369 e. The number of benzene rings is 2. The van der Waals surface area contributed by atoms with Crippen molar-refractivity contribution in [3.63, 3.8) is 0 Å². The summed E-state index contributed by atoms with van der Waals surface area (Å²) >= 11 is 0. The number of piperazine rings is 1. The zero-order chi connectivity index (χ0) is 21.3. The molecule has 4 rings (SSSR count). The van der Waals surface area contributed by atoms with Crippen molar-refractivity contribution in [1.82, 2.24) is 9.80 Å². The number of hydrogen-bond acceptors (Lipinski definition) is 3.